The van der Waals surface area contributed by atoms with Crippen LogP contribution in [0.5, 0.6) is 0 Å². The molecule has 0 aliphatic rings. The largest absolute Gasteiger partial charge is 0.505 e. The van der Waals surface area contributed by atoms with E-state index in [2.05, 4.69) is 66.4 Å². The number of ether oxygens (including phenoxy) is 1. The minimum atomic E-state index is 0.769. The molecule has 114 valence electrons. The number of rotatable bonds is 4. The number of methoxy groups -OCH3 is 1. The Balaban J connectivity index is 1.74. The fourth-order valence-electron chi connectivity index (χ4n) is 2.47. The summed E-state index contributed by atoms with van der Waals surface area (Å²) < 4.78 is 6.26. The van der Waals surface area contributed by atoms with Crippen LogP contribution in [0.25, 0.3) is 10.1 Å². The Labute approximate surface area is 141 Å². The van der Waals surface area contributed by atoms with Crippen LogP contribution in [-0.2, 0) is 17.6 Å². The lowest BCUT2D eigenvalue weighted by Gasteiger charge is -2.03. The molecule has 0 aliphatic carbocycles. The van der Waals surface area contributed by atoms with Crippen molar-refractivity contribution < 1.29 is 4.74 Å². The van der Waals surface area contributed by atoms with E-state index in [1.54, 1.807) is 24.7 Å². The second-order valence-electron chi connectivity index (χ2n) is 5.21. The van der Waals surface area contributed by atoms with Crippen molar-refractivity contribution in [3.63, 3.8) is 0 Å². The van der Waals surface area contributed by atoms with E-state index < -0.39 is 0 Å². The van der Waals surface area contributed by atoms with Gasteiger partial charge in [0.25, 0.3) is 0 Å². The van der Waals surface area contributed by atoms with Gasteiger partial charge in [-0.25, -0.2) is 0 Å². The third-order valence-electron chi connectivity index (χ3n) is 3.60. The first-order valence-corrected chi connectivity index (χ1v) is 8.40. The van der Waals surface area contributed by atoms with Gasteiger partial charge >= 0.3 is 0 Å². The lowest BCUT2D eigenvalue weighted by atomic mass is 10.0. The molecular weight excluding hydrogens is 300 g/mol. The van der Waals surface area contributed by atoms with Crippen LogP contribution in [0.4, 0.5) is 0 Å². The van der Waals surface area contributed by atoms with Crippen LogP contribution in [-0.4, -0.2) is 7.11 Å². The SMILES string of the molecule is COC=CCc1ccccc1CC#Cc1cc2ccccc2s1. The molecule has 1 aromatic heterocycles. The van der Waals surface area contributed by atoms with E-state index in [9.17, 15) is 0 Å². The zero-order chi connectivity index (χ0) is 15.9. The summed E-state index contributed by atoms with van der Waals surface area (Å²) in [5, 5.41) is 1.27. The molecule has 3 aromatic rings. The van der Waals surface area contributed by atoms with Gasteiger partial charge in [0.2, 0.25) is 0 Å². The average molecular weight is 318 g/mol. The zero-order valence-corrected chi connectivity index (χ0v) is 13.9. The van der Waals surface area contributed by atoms with Crippen LogP contribution in [0.1, 0.15) is 16.0 Å². The molecule has 0 unspecified atom stereocenters. The standard InChI is InChI=1S/C21H18OS/c1-22-15-7-12-18-9-3-2-8-17(18)11-6-13-20-16-19-10-4-5-14-21(19)23-20/h2-5,7-10,14-16H,11-12H2,1H3. The van der Waals surface area contributed by atoms with Crippen molar-refractivity contribution in [3.05, 3.63) is 82.9 Å². The van der Waals surface area contributed by atoms with E-state index in [1.807, 2.05) is 6.08 Å². The second kappa shape index (κ2) is 7.67. The van der Waals surface area contributed by atoms with Gasteiger partial charge < -0.3 is 4.74 Å². The van der Waals surface area contributed by atoms with E-state index in [0.717, 1.165) is 17.7 Å². The summed E-state index contributed by atoms with van der Waals surface area (Å²) in [6.07, 6.45) is 5.39. The quantitative estimate of drug-likeness (QED) is 0.475. The van der Waals surface area contributed by atoms with Gasteiger partial charge in [-0.15, -0.1) is 11.3 Å². The van der Waals surface area contributed by atoms with E-state index in [-0.39, 0.29) is 0 Å². The Morgan fingerprint density at radius 3 is 2.65 bits per heavy atom. The lowest BCUT2D eigenvalue weighted by molar-refractivity contribution is 0.337. The highest BCUT2D eigenvalue weighted by Crippen LogP contribution is 2.24. The fraction of sp³-hybridized carbons (Fsp3) is 0.143. The zero-order valence-electron chi connectivity index (χ0n) is 13.1. The van der Waals surface area contributed by atoms with E-state index in [4.69, 9.17) is 4.74 Å². The average Bonchev–Trinajstić information content (AvgIpc) is 2.99. The first-order valence-electron chi connectivity index (χ1n) is 7.59. The molecule has 0 saturated heterocycles. The molecule has 0 bridgehead atoms. The Bertz CT molecular complexity index is 844. The summed E-state index contributed by atoms with van der Waals surface area (Å²) in [5.41, 5.74) is 2.58. The first-order chi connectivity index (χ1) is 11.4. The van der Waals surface area contributed by atoms with Crippen LogP contribution < -0.4 is 0 Å². The van der Waals surface area contributed by atoms with Gasteiger partial charge in [-0.3, -0.25) is 0 Å². The van der Waals surface area contributed by atoms with Crippen molar-refractivity contribution in [1.29, 1.82) is 0 Å². The van der Waals surface area contributed by atoms with Crippen LogP contribution in [0.3, 0.4) is 0 Å². The molecule has 0 aliphatic heterocycles. The first kappa shape index (κ1) is 15.4. The molecule has 1 nitrogen and oxygen atoms in total. The summed E-state index contributed by atoms with van der Waals surface area (Å²) in [6, 6.07) is 19.0. The maximum Gasteiger partial charge on any atom is 0.0788 e. The molecule has 0 atom stereocenters. The third-order valence-corrected chi connectivity index (χ3v) is 4.64. The highest BCUT2D eigenvalue weighted by Gasteiger charge is 1.99. The third kappa shape index (κ3) is 4.03. The van der Waals surface area contributed by atoms with Gasteiger partial charge in [-0.1, -0.05) is 54.3 Å². The molecule has 3 rings (SSSR count). The van der Waals surface area contributed by atoms with Crippen molar-refractivity contribution in [1.82, 2.24) is 0 Å². The monoisotopic (exact) mass is 318 g/mol. The molecule has 0 N–H and O–H groups in total. The Hall–Kier alpha value is -2.50. The minimum Gasteiger partial charge on any atom is -0.505 e. The van der Waals surface area contributed by atoms with Gasteiger partial charge in [0.05, 0.1) is 18.2 Å². The maximum absolute atomic E-state index is 4.96. The topological polar surface area (TPSA) is 9.23 Å². The molecule has 23 heavy (non-hydrogen) atoms. The van der Waals surface area contributed by atoms with Gasteiger partial charge in [-0.2, -0.15) is 0 Å². The molecule has 0 radical (unpaired) electrons. The van der Waals surface area contributed by atoms with Crippen molar-refractivity contribution >= 4 is 21.4 Å². The number of allylic oxidation sites excluding steroid dienone is 1. The molecule has 0 spiro atoms. The molecule has 2 aromatic carbocycles. The molecule has 0 amide bonds. The molecule has 0 saturated carbocycles. The van der Waals surface area contributed by atoms with Crippen molar-refractivity contribution in [2.75, 3.05) is 7.11 Å². The molecular formula is C21H18OS. The summed E-state index contributed by atoms with van der Waals surface area (Å²) in [6.45, 7) is 0. The number of hydrogen-bond acceptors (Lipinski definition) is 2. The summed E-state index contributed by atoms with van der Waals surface area (Å²) in [7, 11) is 1.67. The highest BCUT2D eigenvalue weighted by molar-refractivity contribution is 7.19. The van der Waals surface area contributed by atoms with Crippen LogP contribution in [0.2, 0.25) is 0 Å². The molecule has 2 heteroatoms. The van der Waals surface area contributed by atoms with Crippen molar-refractivity contribution in [3.8, 4) is 11.8 Å². The normalized spacial score (nSPS) is 10.7. The van der Waals surface area contributed by atoms with E-state index >= 15 is 0 Å². The second-order valence-corrected chi connectivity index (χ2v) is 6.29. The highest BCUT2D eigenvalue weighted by atomic mass is 32.1. The summed E-state index contributed by atoms with van der Waals surface area (Å²) in [4.78, 5) is 1.13. The smallest absolute Gasteiger partial charge is 0.0788 e. The predicted molar refractivity (Wildman–Crippen MR) is 98.7 cm³/mol. The Kier molecular flexibility index (Phi) is 5.13. The van der Waals surface area contributed by atoms with Crippen LogP contribution in [0, 0.1) is 11.8 Å². The number of hydrogen-bond donors (Lipinski definition) is 0. The van der Waals surface area contributed by atoms with Crippen molar-refractivity contribution in [2.24, 2.45) is 0 Å². The summed E-state index contributed by atoms with van der Waals surface area (Å²) in [5.74, 6) is 6.62. The van der Waals surface area contributed by atoms with Gasteiger partial charge in [-0.05, 0) is 41.1 Å². The molecule has 1 heterocycles. The fourth-order valence-corrected chi connectivity index (χ4v) is 3.41. The number of fused-ring (bicyclic) bond motifs is 1. The minimum absolute atomic E-state index is 0.769. The van der Waals surface area contributed by atoms with E-state index in [1.165, 1.54) is 21.2 Å². The Morgan fingerprint density at radius 1 is 1.04 bits per heavy atom. The molecule has 0 fully saturated rings. The number of thiophene rings is 1. The van der Waals surface area contributed by atoms with Crippen LogP contribution in [0.15, 0.2) is 66.9 Å². The van der Waals surface area contributed by atoms with Crippen LogP contribution >= 0.6 is 11.3 Å². The van der Waals surface area contributed by atoms with Gasteiger partial charge in [0.1, 0.15) is 0 Å². The van der Waals surface area contributed by atoms with E-state index in [0.29, 0.717) is 0 Å². The summed E-state index contributed by atoms with van der Waals surface area (Å²) >= 11 is 1.75. The lowest BCUT2D eigenvalue weighted by Crippen LogP contribution is -1.91. The van der Waals surface area contributed by atoms with Gasteiger partial charge in [0, 0.05) is 11.1 Å². The Morgan fingerprint density at radius 2 is 1.83 bits per heavy atom. The predicted octanol–water partition coefficient (Wildman–Crippen LogP) is 5.20. The van der Waals surface area contributed by atoms with Crippen molar-refractivity contribution in [2.45, 2.75) is 12.8 Å². The maximum atomic E-state index is 4.96. The number of benzene rings is 2. The van der Waals surface area contributed by atoms with Gasteiger partial charge in [0.15, 0.2) is 0 Å².